The summed E-state index contributed by atoms with van der Waals surface area (Å²) in [5.74, 6) is -0.941. The van der Waals surface area contributed by atoms with E-state index in [9.17, 15) is 4.79 Å². The predicted octanol–water partition coefficient (Wildman–Crippen LogP) is 2.58. The molecular formula is C12H9NO2. The Labute approximate surface area is 86.7 Å². The molecule has 0 radical (unpaired) electrons. The zero-order valence-corrected chi connectivity index (χ0v) is 7.97. The summed E-state index contributed by atoms with van der Waals surface area (Å²) in [4.78, 5) is 15.1. The van der Waals surface area contributed by atoms with E-state index in [0.29, 0.717) is 10.9 Å². The first kappa shape index (κ1) is 9.40. The molecule has 0 saturated carbocycles. The smallest absolute Gasteiger partial charge is 0.336 e. The predicted molar refractivity (Wildman–Crippen MR) is 58.8 cm³/mol. The second kappa shape index (κ2) is 3.53. The Kier molecular flexibility index (Phi) is 2.21. The summed E-state index contributed by atoms with van der Waals surface area (Å²) >= 11 is 0. The highest BCUT2D eigenvalue weighted by atomic mass is 16.4. The molecule has 0 saturated heterocycles. The number of benzene rings is 1. The number of hydrogen-bond donors (Lipinski definition) is 1. The Bertz CT molecular complexity index is 546. The van der Waals surface area contributed by atoms with Crippen LogP contribution in [0.3, 0.4) is 0 Å². The first-order valence-electron chi connectivity index (χ1n) is 4.47. The maximum Gasteiger partial charge on any atom is 0.336 e. The van der Waals surface area contributed by atoms with Crippen LogP contribution in [0.15, 0.2) is 37.0 Å². The monoisotopic (exact) mass is 199 g/mol. The SMILES string of the molecule is C=Cc1ccc2nccc(C(=O)O)c2c1. The molecule has 0 amide bonds. The molecule has 0 aliphatic rings. The van der Waals surface area contributed by atoms with E-state index in [2.05, 4.69) is 11.6 Å². The molecule has 0 aliphatic carbocycles. The van der Waals surface area contributed by atoms with Crippen LogP contribution in [0, 0.1) is 0 Å². The van der Waals surface area contributed by atoms with Crippen molar-refractivity contribution >= 4 is 22.9 Å². The van der Waals surface area contributed by atoms with Gasteiger partial charge in [0.1, 0.15) is 0 Å². The van der Waals surface area contributed by atoms with Gasteiger partial charge in [-0.1, -0.05) is 18.7 Å². The highest BCUT2D eigenvalue weighted by Crippen LogP contribution is 2.18. The molecule has 1 aromatic carbocycles. The van der Waals surface area contributed by atoms with Gasteiger partial charge in [0.05, 0.1) is 11.1 Å². The molecule has 1 aromatic heterocycles. The molecule has 0 fully saturated rings. The normalized spacial score (nSPS) is 10.1. The zero-order chi connectivity index (χ0) is 10.8. The zero-order valence-electron chi connectivity index (χ0n) is 7.97. The number of aromatic carboxylic acids is 1. The van der Waals surface area contributed by atoms with Crippen LogP contribution in [-0.4, -0.2) is 16.1 Å². The van der Waals surface area contributed by atoms with Gasteiger partial charge >= 0.3 is 5.97 Å². The average Bonchev–Trinajstić information content (AvgIpc) is 2.27. The first-order chi connectivity index (χ1) is 7.22. The third-order valence-electron chi connectivity index (χ3n) is 2.23. The highest BCUT2D eigenvalue weighted by molar-refractivity contribution is 6.02. The molecule has 0 atom stereocenters. The van der Waals surface area contributed by atoms with Gasteiger partial charge in [0.15, 0.2) is 0 Å². The summed E-state index contributed by atoms with van der Waals surface area (Å²) in [5.41, 5.74) is 1.84. The van der Waals surface area contributed by atoms with E-state index < -0.39 is 5.97 Å². The molecule has 2 aromatic rings. The van der Waals surface area contributed by atoms with Crippen molar-refractivity contribution in [1.82, 2.24) is 4.98 Å². The van der Waals surface area contributed by atoms with Gasteiger partial charge in [-0.15, -0.1) is 0 Å². The molecule has 0 bridgehead atoms. The van der Waals surface area contributed by atoms with Crippen LogP contribution < -0.4 is 0 Å². The van der Waals surface area contributed by atoms with Crippen molar-refractivity contribution in [3.05, 3.63) is 48.2 Å². The van der Waals surface area contributed by atoms with Crippen LogP contribution in [0.1, 0.15) is 15.9 Å². The molecule has 0 spiro atoms. The summed E-state index contributed by atoms with van der Waals surface area (Å²) in [7, 11) is 0. The Hall–Kier alpha value is -2.16. The number of nitrogens with zero attached hydrogens (tertiary/aromatic N) is 1. The molecule has 1 heterocycles. The summed E-state index contributed by atoms with van der Waals surface area (Å²) in [6.45, 7) is 3.64. The van der Waals surface area contributed by atoms with Gasteiger partial charge in [-0.2, -0.15) is 0 Å². The fourth-order valence-corrected chi connectivity index (χ4v) is 1.48. The van der Waals surface area contributed by atoms with Crippen LogP contribution in [-0.2, 0) is 0 Å². The van der Waals surface area contributed by atoms with Gasteiger partial charge < -0.3 is 5.11 Å². The molecule has 74 valence electrons. The molecule has 2 rings (SSSR count). The van der Waals surface area contributed by atoms with Gasteiger partial charge in [-0.3, -0.25) is 4.98 Å². The number of fused-ring (bicyclic) bond motifs is 1. The first-order valence-corrected chi connectivity index (χ1v) is 4.47. The topological polar surface area (TPSA) is 50.2 Å². The van der Waals surface area contributed by atoms with Crippen LogP contribution in [0.25, 0.3) is 17.0 Å². The van der Waals surface area contributed by atoms with Crippen molar-refractivity contribution in [2.45, 2.75) is 0 Å². The number of carboxylic acid groups (broad SMARTS) is 1. The fourth-order valence-electron chi connectivity index (χ4n) is 1.48. The third kappa shape index (κ3) is 1.59. The van der Waals surface area contributed by atoms with Crippen LogP contribution in [0.4, 0.5) is 0 Å². The largest absolute Gasteiger partial charge is 0.478 e. The van der Waals surface area contributed by atoms with Gasteiger partial charge in [-0.25, -0.2) is 4.79 Å². The van der Waals surface area contributed by atoms with E-state index in [0.717, 1.165) is 5.56 Å². The van der Waals surface area contributed by atoms with Crippen molar-refractivity contribution in [3.63, 3.8) is 0 Å². The maximum absolute atomic E-state index is 11.0. The standard InChI is InChI=1S/C12H9NO2/c1-2-8-3-4-11-10(7-8)9(12(14)15)5-6-13-11/h2-7H,1H2,(H,14,15). The molecule has 0 aliphatic heterocycles. The van der Waals surface area contributed by atoms with Crippen LogP contribution in [0.5, 0.6) is 0 Å². The summed E-state index contributed by atoms with van der Waals surface area (Å²) < 4.78 is 0. The number of carboxylic acids is 1. The summed E-state index contributed by atoms with van der Waals surface area (Å²) in [6.07, 6.45) is 3.18. The lowest BCUT2D eigenvalue weighted by Crippen LogP contribution is -1.98. The lowest BCUT2D eigenvalue weighted by molar-refractivity contribution is 0.0699. The molecule has 3 nitrogen and oxygen atoms in total. The lowest BCUT2D eigenvalue weighted by atomic mass is 10.1. The molecule has 15 heavy (non-hydrogen) atoms. The minimum absolute atomic E-state index is 0.267. The van der Waals surface area contributed by atoms with E-state index in [1.165, 1.54) is 12.3 Å². The quantitative estimate of drug-likeness (QED) is 0.808. The number of rotatable bonds is 2. The number of aromatic nitrogens is 1. The van der Waals surface area contributed by atoms with Crippen LogP contribution >= 0.6 is 0 Å². The fraction of sp³-hybridized carbons (Fsp3) is 0. The Balaban J connectivity index is 2.81. The van der Waals surface area contributed by atoms with Gasteiger partial charge in [0.2, 0.25) is 0 Å². The van der Waals surface area contributed by atoms with Gasteiger partial charge in [-0.05, 0) is 23.8 Å². The minimum atomic E-state index is -0.941. The van der Waals surface area contributed by atoms with Crippen molar-refractivity contribution < 1.29 is 9.90 Å². The van der Waals surface area contributed by atoms with Crippen molar-refractivity contribution in [3.8, 4) is 0 Å². The summed E-state index contributed by atoms with van der Waals surface area (Å²) in [6, 6.07) is 6.92. The lowest BCUT2D eigenvalue weighted by Gasteiger charge is -2.02. The van der Waals surface area contributed by atoms with Gasteiger partial charge in [0.25, 0.3) is 0 Å². The number of carbonyl (C=O) groups is 1. The number of hydrogen-bond acceptors (Lipinski definition) is 2. The van der Waals surface area contributed by atoms with E-state index in [1.807, 2.05) is 6.07 Å². The number of pyridine rings is 1. The van der Waals surface area contributed by atoms with Gasteiger partial charge in [0, 0.05) is 11.6 Å². The minimum Gasteiger partial charge on any atom is -0.478 e. The van der Waals surface area contributed by atoms with E-state index >= 15 is 0 Å². The highest BCUT2D eigenvalue weighted by Gasteiger charge is 2.08. The maximum atomic E-state index is 11.0. The third-order valence-corrected chi connectivity index (χ3v) is 2.23. The molecule has 1 N–H and O–H groups in total. The Morgan fingerprint density at radius 3 is 2.87 bits per heavy atom. The molecular weight excluding hydrogens is 190 g/mol. The second-order valence-electron chi connectivity index (χ2n) is 3.14. The Morgan fingerprint density at radius 2 is 2.20 bits per heavy atom. The van der Waals surface area contributed by atoms with E-state index in [1.54, 1.807) is 18.2 Å². The summed E-state index contributed by atoms with van der Waals surface area (Å²) in [5, 5.41) is 9.63. The second-order valence-corrected chi connectivity index (χ2v) is 3.14. The van der Waals surface area contributed by atoms with Crippen LogP contribution in [0.2, 0.25) is 0 Å². The Morgan fingerprint density at radius 1 is 1.40 bits per heavy atom. The van der Waals surface area contributed by atoms with E-state index in [4.69, 9.17) is 5.11 Å². The van der Waals surface area contributed by atoms with E-state index in [-0.39, 0.29) is 5.56 Å². The molecule has 3 heteroatoms. The van der Waals surface area contributed by atoms with Crippen molar-refractivity contribution in [2.24, 2.45) is 0 Å². The average molecular weight is 199 g/mol. The van der Waals surface area contributed by atoms with Crippen molar-refractivity contribution in [2.75, 3.05) is 0 Å². The van der Waals surface area contributed by atoms with Crippen molar-refractivity contribution in [1.29, 1.82) is 0 Å². The molecule has 0 unspecified atom stereocenters.